The molecule has 0 saturated heterocycles. The molecule has 4 heteroatoms. The van der Waals surface area contributed by atoms with Crippen molar-refractivity contribution in [2.24, 2.45) is 11.1 Å². The monoisotopic (exact) mass is 237 g/mol. The highest BCUT2D eigenvalue weighted by molar-refractivity contribution is 5.43. The van der Waals surface area contributed by atoms with Crippen LogP contribution in [0, 0.1) is 5.41 Å². The van der Waals surface area contributed by atoms with Crippen LogP contribution in [0.1, 0.15) is 24.4 Å². The lowest BCUT2D eigenvalue weighted by Gasteiger charge is -2.23. The zero-order valence-electron chi connectivity index (χ0n) is 10.3. The van der Waals surface area contributed by atoms with E-state index < -0.39 is 0 Å². The average Bonchev–Trinajstić information content (AvgIpc) is 3.18. The number of ether oxygens (including phenoxy) is 2. The molecule has 4 nitrogen and oxygen atoms in total. The fraction of sp³-hybridized carbons (Fsp3) is 0.538. The van der Waals surface area contributed by atoms with Gasteiger partial charge in [-0.2, -0.15) is 0 Å². The highest BCUT2D eigenvalue weighted by atomic mass is 16.5. The summed E-state index contributed by atoms with van der Waals surface area (Å²) in [6, 6.07) is 5.42. The van der Waals surface area contributed by atoms with Crippen molar-refractivity contribution in [2.75, 3.05) is 20.8 Å². The van der Waals surface area contributed by atoms with E-state index in [1.807, 2.05) is 18.2 Å². The summed E-state index contributed by atoms with van der Waals surface area (Å²) in [4.78, 5) is 0. The van der Waals surface area contributed by atoms with E-state index in [1.165, 1.54) is 0 Å². The van der Waals surface area contributed by atoms with Crippen molar-refractivity contribution >= 4 is 0 Å². The van der Waals surface area contributed by atoms with E-state index in [0.29, 0.717) is 0 Å². The number of hydrogen-bond donors (Lipinski definition) is 2. The molecule has 1 aliphatic rings. The summed E-state index contributed by atoms with van der Waals surface area (Å²) < 4.78 is 10.5. The number of aliphatic hydroxyl groups is 1. The predicted octanol–water partition coefficient (Wildman–Crippen LogP) is 1.48. The van der Waals surface area contributed by atoms with Gasteiger partial charge in [-0.05, 0) is 18.9 Å². The van der Waals surface area contributed by atoms with Gasteiger partial charge in [0.15, 0.2) is 0 Å². The molecule has 0 bridgehead atoms. The smallest absolute Gasteiger partial charge is 0.127 e. The fourth-order valence-corrected chi connectivity index (χ4v) is 2.13. The standard InChI is InChI=1S/C13H19NO3/c1-16-9-3-4-10(11(7-9)17-2)12(14)13(8-15)5-6-13/h3-4,7,12,15H,5-6,8,14H2,1-2H3. The van der Waals surface area contributed by atoms with Gasteiger partial charge in [0.1, 0.15) is 11.5 Å². The van der Waals surface area contributed by atoms with Crippen LogP contribution in [-0.4, -0.2) is 25.9 Å². The first-order valence-electron chi connectivity index (χ1n) is 5.75. The van der Waals surface area contributed by atoms with Gasteiger partial charge < -0.3 is 20.3 Å². The lowest BCUT2D eigenvalue weighted by atomic mass is 9.91. The molecule has 1 unspecified atom stereocenters. The van der Waals surface area contributed by atoms with Gasteiger partial charge in [-0.25, -0.2) is 0 Å². The maximum absolute atomic E-state index is 9.41. The minimum Gasteiger partial charge on any atom is -0.497 e. The maximum atomic E-state index is 9.41. The molecule has 1 atom stereocenters. The molecule has 0 heterocycles. The van der Waals surface area contributed by atoms with Crippen LogP contribution in [0.5, 0.6) is 11.5 Å². The summed E-state index contributed by atoms with van der Waals surface area (Å²) in [5, 5.41) is 9.41. The van der Waals surface area contributed by atoms with Crippen molar-refractivity contribution in [3.05, 3.63) is 23.8 Å². The van der Waals surface area contributed by atoms with Crippen molar-refractivity contribution < 1.29 is 14.6 Å². The number of nitrogens with two attached hydrogens (primary N) is 1. The lowest BCUT2D eigenvalue weighted by Crippen LogP contribution is -2.26. The molecule has 0 amide bonds. The summed E-state index contributed by atoms with van der Waals surface area (Å²) >= 11 is 0. The Morgan fingerprint density at radius 2 is 2.06 bits per heavy atom. The second-order valence-electron chi connectivity index (χ2n) is 4.61. The third-order valence-electron chi connectivity index (χ3n) is 3.64. The number of hydrogen-bond acceptors (Lipinski definition) is 4. The van der Waals surface area contributed by atoms with Crippen LogP contribution in [0.2, 0.25) is 0 Å². The Morgan fingerprint density at radius 3 is 2.53 bits per heavy atom. The molecule has 0 aliphatic heterocycles. The quantitative estimate of drug-likeness (QED) is 0.814. The minimum atomic E-state index is -0.187. The molecular weight excluding hydrogens is 218 g/mol. The molecule has 0 radical (unpaired) electrons. The van der Waals surface area contributed by atoms with Gasteiger partial charge in [-0.1, -0.05) is 6.07 Å². The third kappa shape index (κ3) is 2.10. The molecule has 17 heavy (non-hydrogen) atoms. The normalized spacial score (nSPS) is 18.6. The average molecular weight is 237 g/mol. The molecule has 1 aromatic rings. The molecule has 1 aliphatic carbocycles. The zero-order chi connectivity index (χ0) is 12.5. The number of aliphatic hydroxyl groups excluding tert-OH is 1. The predicted molar refractivity (Wildman–Crippen MR) is 65.2 cm³/mol. The molecule has 2 rings (SSSR count). The topological polar surface area (TPSA) is 64.7 Å². The molecule has 1 aromatic carbocycles. The Morgan fingerprint density at radius 1 is 1.35 bits per heavy atom. The second-order valence-corrected chi connectivity index (χ2v) is 4.61. The SMILES string of the molecule is COc1ccc(C(N)C2(CO)CC2)c(OC)c1. The Balaban J connectivity index is 2.31. The first-order valence-corrected chi connectivity index (χ1v) is 5.75. The summed E-state index contributed by atoms with van der Waals surface area (Å²) in [5.74, 6) is 1.46. The van der Waals surface area contributed by atoms with Crippen LogP contribution in [-0.2, 0) is 0 Å². The van der Waals surface area contributed by atoms with Crippen molar-refractivity contribution in [3.8, 4) is 11.5 Å². The van der Waals surface area contributed by atoms with Gasteiger partial charge in [-0.3, -0.25) is 0 Å². The molecule has 0 aromatic heterocycles. The molecule has 94 valence electrons. The Labute approximate surface area is 101 Å². The van der Waals surface area contributed by atoms with Gasteiger partial charge in [0.05, 0.1) is 20.8 Å². The summed E-state index contributed by atoms with van der Waals surface area (Å²) in [7, 11) is 3.23. The van der Waals surface area contributed by atoms with E-state index in [9.17, 15) is 5.11 Å². The Bertz CT molecular complexity index is 402. The van der Waals surface area contributed by atoms with E-state index in [-0.39, 0.29) is 18.1 Å². The van der Waals surface area contributed by atoms with E-state index in [2.05, 4.69) is 0 Å². The van der Waals surface area contributed by atoms with Gasteiger partial charge in [0, 0.05) is 23.1 Å². The van der Waals surface area contributed by atoms with E-state index in [4.69, 9.17) is 15.2 Å². The van der Waals surface area contributed by atoms with Gasteiger partial charge >= 0.3 is 0 Å². The van der Waals surface area contributed by atoms with Crippen molar-refractivity contribution in [2.45, 2.75) is 18.9 Å². The first-order chi connectivity index (χ1) is 8.16. The van der Waals surface area contributed by atoms with E-state index in [0.717, 1.165) is 29.9 Å². The van der Waals surface area contributed by atoms with E-state index in [1.54, 1.807) is 14.2 Å². The van der Waals surface area contributed by atoms with Crippen molar-refractivity contribution in [1.29, 1.82) is 0 Å². The van der Waals surface area contributed by atoms with Crippen molar-refractivity contribution in [3.63, 3.8) is 0 Å². The van der Waals surface area contributed by atoms with Crippen molar-refractivity contribution in [1.82, 2.24) is 0 Å². The molecule has 3 N–H and O–H groups in total. The van der Waals surface area contributed by atoms with Crippen LogP contribution in [0.25, 0.3) is 0 Å². The van der Waals surface area contributed by atoms with Crippen LogP contribution >= 0.6 is 0 Å². The van der Waals surface area contributed by atoms with E-state index >= 15 is 0 Å². The number of benzene rings is 1. The Hall–Kier alpha value is -1.26. The van der Waals surface area contributed by atoms with Crippen LogP contribution < -0.4 is 15.2 Å². The maximum Gasteiger partial charge on any atom is 0.127 e. The van der Waals surface area contributed by atoms with Gasteiger partial charge in [0.25, 0.3) is 0 Å². The lowest BCUT2D eigenvalue weighted by molar-refractivity contribution is 0.186. The summed E-state index contributed by atoms with van der Waals surface area (Å²) in [6.45, 7) is 0.128. The number of methoxy groups -OCH3 is 2. The van der Waals surface area contributed by atoms with Crippen LogP contribution in [0.15, 0.2) is 18.2 Å². The molecule has 0 spiro atoms. The first kappa shape index (κ1) is 12.2. The molecular formula is C13H19NO3. The van der Waals surface area contributed by atoms with Gasteiger partial charge in [-0.15, -0.1) is 0 Å². The summed E-state index contributed by atoms with van der Waals surface area (Å²) in [5.41, 5.74) is 7.01. The van der Waals surface area contributed by atoms with Crippen LogP contribution in [0.3, 0.4) is 0 Å². The third-order valence-corrected chi connectivity index (χ3v) is 3.64. The largest absolute Gasteiger partial charge is 0.497 e. The highest BCUT2D eigenvalue weighted by Gasteiger charge is 2.48. The fourth-order valence-electron chi connectivity index (χ4n) is 2.13. The Kier molecular flexibility index (Phi) is 3.26. The zero-order valence-corrected chi connectivity index (χ0v) is 10.3. The second kappa shape index (κ2) is 4.55. The summed E-state index contributed by atoms with van der Waals surface area (Å²) in [6.07, 6.45) is 1.94. The molecule has 1 saturated carbocycles. The molecule has 1 fully saturated rings. The minimum absolute atomic E-state index is 0.128. The van der Waals surface area contributed by atoms with Crippen LogP contribution in [0.4, 0.5) is 0 Å². The number of rotatable bonds is 5. The van der Waals surface area contributed by atoms with Gasteiger partial charge in [0.2, 0.25) is 0 Å². The highest BCUT2D eigenvalue weighted by Crippen LogP contribution is 2.54.